The zero-order valence-electron chi connectivity index (χ0n) is 17.6. The lowest BCUT2D eigenvalue weighted by atomic mass is 10.1. The van der Waals surface area contributed by atoms with Crippen LogP contribution in [0.25, 0.3) is 12.2 Å². The molecule has 2 aromatic carbocycles. The fourth-order valence-electron chi connectivity index (χ4n) is 2.82. The molecule has 2 amide bonds. The summed E-state index contributed by atoms with van der Waals surface area (Å²) < 4.78 is 0. The van der Waals surface area contributed by atoms with Crippen molar-refractivity contribution in [2.24, 2.45) is 0 Å². The number of hydrogen-bond donors (Lipinski definition) is 6. The normalized spacial score (nSPS) is 11.1. The SMILES string of the molecule is O=C(/C=C/c1ccc(O)cc1O)NCCCCCCNC(=O)/C=C/c1ccc(O)cc1O. The molecule has 0 atom stereocenters. The van der Waals surface area contributed by atoms with Crippen LogP contribution >= 0.6 is 0 Å². The molecule has 0 radical (unpaired) electrons. The molecule has 0 aliphatic heterocycles. The van der Waals surface area contributed by atoms with Crippen LogP contribution in [-0.4, -0.2) is 45.3 Å². The quantitative estimate of drug-likeness (QED) is 0.235. The van der Waals surface area contributed by atoms with E-state index in [9.17, 15) is 30.0 Å². The predicted octanol–water partition coefficient (Wildman–Crippen LogP) is 3.03. The van der Waals surface area contributed by atoms with Crippen molar-refractivity contribution in [1.29, 1.82) is 0 Å². The van der Waals surface area contributed by atoms with Crippen molar-refractivity contribution in [3.05, 3.63) is 59.7 Å². The summed E-state index contributed by atoms with van der Waals surface area (Å²) in [7, 11) is 0. The molecule has 8 heteroatoms. The number of hydrogen-bond acceptors (Lipinski definition) is 6. The van der Waals surface area contributed by atoms with E-state index in [0.717, 1.165) is 25.7 Å². The van der Waals surface area contributed by atoms with Crippen LogP contribution in [0.2, 0.25) is 0 Å². The van der Waals surface area contributed by atoms with Gasteiger partial charge in [0.05, 0.1) is 0 Å². The number of phenolic OH excluding ortho intramolecular Hbond substituents is 4. The Kier molecular flexibility index (Phi) is 9.65. The highest BCUT2D eigenvalue weighted by atomic mass is 16.3. The van der Waals surface area contributed by atoms with Crippen molar-refractivity contribution in [1.82, 2.24) is 10.6 Å². The van der Waals surface area contributed by atoms with Gasteiger partial charge in [0, 0.05) is 48.5 Å². The van der Waals surface area contributed by atoms with E-state index >= 15 is 0 Å². The highest BCUT2D eigenvalue weighted by molar-refractivity contribution is 5.92. The van der Waals surface area contributed by atoms with E-state index in [2.05, 4.69) is 10.6 Å². The van der Waals surface area contributed by atoms with Crippen LogP contribution in [0.1, 0.15) is 36.8 Å². The van der Waals surface area contributed by atoms with Crippen molar-refractivity contribution in [2.75, 3.05) is 13.1 Å². The maximum Gasteiger partial charge on any atom is 0.244 e. The van der Waals surface area contributed by atoms with Gasteiger partial charge in [0.2, 0.25) is 11.8 Å². The second-order valence-electron chi connectivity index (χ2n) is 7.15. The second kappa shape index (κ2) is 12.7. The van der Waals surface area contributed by atoms with Crippen LogP contribution in [0.5, 0.6) is 23.0 Å². The largest absolute Gasteiger partial charge is 0.508 e. The van der Waals surface area contributed by atoms with Crippen molar-refractivity contribution in [2.45, 2.75) is 25.7 Å². The van der Waals surface area contributed by atoms with Crippen LogP contribution in [-0.2, 0) is 9.59 Å². The van der Waals surface area contributed by atoms with Crippen molar-refractivity contribution < 1.29 is 30.0 Å². The van der Waals surface area contributed by atoms with Crippen LogP contribution in [0.3, 0.4) is 0 Å². The number of benzene rings is 2. The zero-order valence-corrected chi connectivity index (χ0v) is 17.6. The first-order chi connectivity index (χ1) is 15.3. The minimum atomic E-state index is -0.267. The van der Waals surface area contributed by atoms with Gasteiger partial charge in [-0.1, -0.05) is 12.8 Å². The van der Waals surface area contributed by atoms with E-state index in [4.69, 9.17) is 0 Å². The molecular weight excluding hydrogens is 412 g/mol. The molecule has 2 aromatic rings. The van der Waals surface area contributed by atoms with E-state index in [0.29, 0.717) is 24.2 Å². The molecule has 170 valence electrons. The molecule has 0 aliphatic rings. The third kappa shape index (κ3) is 8.83. The van der Waals surface area contributed by atoms with E-state index in [-0.39, 0.29) is 34.8 Å². The highest BCUT2D eigenvalue weighted by Gasteiger charge is 2.02. The van der Waals surface area contributed by atoms with Gasteiger partial charge < -0.3 is 31.1 Å². The molecule has 0 unspecified atom stereocenters. The van der Waals surface area contributed by atoms with Gasteiger partial charge in [-0.15, -0.1) is 0 Å². The Balaban J connectivity index is 1.53. The molecule has 0 bridgehead atoms. The summed E-state index contributed by atoms with van der Waals surface area (Å²) in [6.07, 6.45) is 9.01. The van der Waals surface area contributed by atoms with Crippen LogP contribution < -0.4 is 10.6 Å². The lowest BCUT2D eigenvalue weighted by molar-refractivity contribution is -0.117. The number of unbranched alkanes of at least 4 members (excludes halogenated alkanes) is 3. The average Bonchev–Trinajstić information content (AvgIpc) is 2.74. The summed E-state index contributed by atoms with van der Waals surface area (Å²) in [5.74, 6) is -0.832. The molecule has 6 N–H and O–H groups in total. The Morgan fingerprint density at radius 3 is 1.44 bits per heavy atom. The van der Waals surface area contributed by atoms with Crippen LogP contribution in [0.4, 0.5) is 0 Å². The zero-order chi connectivity index (χ0) is 23.3. The van der Waals surface area contributed by atoms with Crippen molar-refractivity contribution in [3.8, 4) is 23.0 Å². The summed E-state index contributed by atoms with van der Waals surface area (Å²) >= 11 is 0. The summed E-state index contributed by atoms with van der Waals surface area (Å²) in [4.78, 5) is 23.6. The Morgan fingerprint density at radius 2 is 1.06 bits per heavy atom. The minimum Gasteiger partial charge on any atom is -0.508 e. The van der Waals surface area contributed by atoms with Crippen molar-refractivity contribution >= 4 is 24.0 Å². The standard InChI is InChI=1S/C24H28N2O6/c27-19-9-5-17(21(29)15-19)7-11-23(31)25-13-3-1-2-4-14-26-24(32)12-8-18-6-10-20(28)16-22(18)30/h5-12,15-16,27-30H,1-4,13-14H2,(H,25,31)(H,26,32)/b11-7+,12-8+. The van der Waals surface area contributed by atoms with Gasteiger partial charge in [0.15, 0.2) is 0 Å². The maximum atomic E-state index is 11.8. The summed E-state index contributed by atoms with van der Waals surface area (Å²) in [5, 5.41) is 43.3. The van der Waals surface area contributed by atoms with Crippen LogP contribution in [0.15, 0.2) is 48.6 Å². The van der Waals surface area contributed by atoms with Gasteiger partial charge >= 0.3 is 0 Å². The Hall–Kier alpha value is -3.94. The number of aromatic hydroxyl groups is 4. The molecule has 0 saturated carbocycles. The van der Waals surface area contributed by atoms with E-state index in [1.54, 1.807) is 0 Å². The lowest BCUT2D eigenvalue weighted by Gasteiger charge is -2.04. The lowest BCUT2D eigenvalue weighted by Crippen LogP contribution is -2.23. The number of carbonyl (C=O) groups excluding carboxylic acids is 2. The van der Waals surface area contributed by atoms with Gasteiger partial charge in [0.25, 0.3) is 0 Å². The number of nitrogens with one attached hydrogen (secondary N) is 2. The first-order valence-electron chi connectivity index (χ1n) is 10.3. The molecule has 32 heavy (non-hydrogen) atoms. The van der Waals surface area contributed by atoms with E-state index in [1.807, 2.05) is 0 Å². The van der Waals surface area contributed by atoms with Gasteiger partial charge in [0.1, 0.15) is 23.0 Å². The maximum absolute atomic E-state index is 11.8. The number of amides is 2. The van der Waals surface area contributed by atoms with Gasteiger partial charge in [-0.25, -0.2) is 0 Å². The number of phenols is 4. The molecule has 0 fully saturated rings. The molecule has 2 rings (SSSR count). The monoisotopic (exact) mass is 440 g/mol. The summed E-state index contributed by atoms with van der Waals surface area (Å²) in [5.41, 5.74) is 0.879. The van der Waals surface area contributed by atoms with E-state index in [1.165, 1.54) is 60.7 Å². The smallest absolute Gasteiger partial charge is 0.244 e. The third-order valence-corrected chi connectivity index (χ3v) is 4.56. The van der Waals surface area contributed by atoms with Gasteiger partial charge in [-0.2, -0.15) is 0 Å². The second-order valence-corrected chi connectivity index (χ2v) is 7.15. The predicted molar refractivity (Wildman–Crippen MR) is 122 cm³/mol. The van der Waals surface area contributed by atoms with Crippen LogP contribution in [0, 0.1) is 0 Å². The molecule has 0 aromatic heterocycles. The fourth-order valence-corrected chi connectivity index (χ4v) is 2.82. The fraction of sp³-hybridized carbons (Fsp3) is 0.250. The third-order valence-electron chi connectivity index (χ3n) is 4.56. The minimum absolute atomic E-state index is 0.0468. The molecule has 0 aliphatic carbocycles. The summed E-state index contributed by atoms with van der Waals surface area (Å²) in [6.45, 7) is 1.05. The molecule has 0 saturated heterocycles. The molecule has 8 nitrogen and oxygen atoms in total. The topological polar surface area (TPSA) is 139 Å². The molecular formula is C24H28N2O6. The number of rotatable bonds is 11. The van der Waals surface area contributed by atoms with Gasteiger partial charge in [-0.3, -0.25) is 9.59 Å². The van der Waals surface area contributed by atoms with Crippen molar-refractivity contribution in [3.63, 3.8) is 0 Å². The summed E-state index contributed by atoms with van der Waals surface area (Å²) in [6, 6.07) is 8.29. The Morgan fingerprint density at radius 1 is 0.656 bits per heavy atom. The Bertz CT molecular complexity index is 905. The molecule has 0 heterocycles. The van der Waals surface area contributed by atoms with E-state index < -0.39 is 0 Å². The first-order valence-corrected chi connectivity index (χ1v) is 10.3. The number of carbonyl (C=O) groups is 2. The molecule has 0 spiro atoms. The highest BCUT2D eigenvalue weighted by Crippen LogP contribution is 2.24. The first kappa shape index (κ1) is 24.3. The average molecular weight is 440 g/mol. The van der Waals surface area contributed by atoms with Gasteiger partial charge in [-0.05, 0) is 49.3 Å². The Labute approximate surface area is 186 Å².